The number of ether oxygens (including phenoxy) is 1. The third-order valence-electron chi connectivity index (χ3n) is 4.21. The van der Waals surface area contributed by atoms with E-state index < -0.39 is 6.10 Å². The maximum Gasteiger partial charge on any atom is 0.268 e. The second-order valence-corrected chi connectivity index (χ2v) is 6.41. The third kappa shape index (κ3) is 4.08. The van der Waals surface area contributed by atoms with E-state index in [1.807, 2.05) is 13.0 Å². The van der Waals surface area contributed by atoms with E-state index in [9.17, 15) is 14.4 Å². The molecule has 1 atom stereocenters. The highest BCUT2D eigenvalue weighted by Crippen LogP contribution is 2.33. The summed E-state index contributed by atoms with van der Waals surface area (Å²) in [7, 11) is 0. The Bertz CT molecular complexity index is 910. The predicted octanol–water partition coefficient (Wildman–Crippen LogP) is 2.71. The molecule has 0 saturated heterocycles. The molecule has 140 valence electrons. The Morgan fingerprint density at radius 2 is 1.89 bits per heavy atom. The van der Waals surface area contributed by atoms with E-state index in [1.54, 1.807) is 43.3 Å². The minimum Gasteiger partial charge on any atom is -0.479 e. The molecule has 1 unspecified atom stereocenters. The average Bonchev–Trinajstić information content (AvgIpc) is 2.61. The van der Waals surface area contributed by atoms with Gasteiger partial charge in [-0.1, -0.05) is 18.2 Å². The van der Waals surface area contributed by atoms with E-state index in [-0.39, 0.29) is 24.3 Å². The molecule has 0 spiro atoms. The van der Waals surface area contributed by atoms with Gasteiger partial charge in [-0.2, -0.15) is 0 Å². The van der Waals surface area contributed by atoms with Crippen molar-refractivity contribution in [1.82, 2.24) is 0 Å². The molecule has 2 aromatic rings. The lowest BCUT2D eigenvalue weighted by molar-refractivity contribution is -0.127. The Balaban J connectivity index is 1.78. The molecule has 0 bridgehead atoms. The van der Waals surface area contributed by atoms with E-state index in [0.29, 0.717) is 22.8 Å². The number of nitrogens with zero attached hydrogens (tertiary/aromatic N) is 1. The third-order valence-corrected chi connectivity index (χ3v) is 4.21. The second kappa shape index (κ2) is 7.49. The number of hydrogen-bond acceptors (Lipinski definition) is 4. The largest absolute Gasteiger partial charge is 0.479 e. The van der Waals surface area contributed by atoms with Gasteiger partial charge in [0.1, 0.15) is 12.3 Å². The summed E-state index contributed by atoms with van der Waals surface area (Å²) < 4.78 is 5.58. The van der Waals surface area contributed by atoms with Crippen molar-refractivity contribution in [3.63, 3.8) is 0 Å². The summed E-state index contributed by atoms with van der Waals surface area (Å²) in [4.78, 5) is 37.7. The minimum atomic E-state index is -0.655. The van der Waals surface area contributed by atoms with Crippen molar-refractivity contribution in [3.8, 4) is 5.75 Å². The first-order chi connectivity index (χ1) is 12.8. The van der Waals surface area contributed by atoms with Gasteiger partial charge in [-0.25, -0.2) is 0 Å². The number of benzene rings is 2. The fourth-order valence-electron chi connectivity index (χ4n) is 2.89. The van der Waals surface area contributed by atoms with Crippen LogP contribution < -0.4 is 20.3 Å². The molecule has 7 heteroatoms. The fraction of sp³-hybridized carbons (Fsp3) is 0.250. The van der Waals surface area contributed by atoms with Gasteiger partial charge in [0, 0.05) is 18.3 Å². The molecule has 0 fully saturated rings. The number of carbonyl (C=O) groups excluding carboxylic acids is 3. The van der Waals surface area contributed by atoms with Crippen LogP contribution in [-0.2, 0) is 14.4 Å². The Hall–Kier alpha value is -3.35. The van der Waals surface area contributed by atoms with Crippen LogP contribution in [0.5, 0.6) is 5.75 Å². The molecular formula is C20H21N3O4. The summed E-state index contributed by atoms with van der Waals surface area (Å²) in [6.45, 7) is 4.79. The van der Waals surface area contributed by atoms with E-state index in [4.69, 9.17) is 4.74 Å². The van der Waals surface area contributed by atoms with Gasteiger partial charge < -0.3 is 15.4 Å². The predicted molar refractivity (Wildman–Crippen MR) is 103 cm³/mol. The fourth-order valence-corrected chi connectivity index (χ4v) is 2.89. The van der Waals surface area contributed by atoms with Crippen molar-refractivity contribution in [2.45, 2.75) is 26.9 Å². The molecule has 0 aliphatic carbocycles. The molecule has 2 N–H and O–H groups in total. The van der Waals surface area contributed by atoms with E-state index >= 15 is 0 Å². The monoisotopic (exact) mass is 367 g/mol. The van der Waals surface area contributed by atoms with Crippen molar-refractivity contribution in [3.05, 3.63) is 48.0 Å². The van der Waals surface area contributed by atoms with Crippen molar-refractivity contribution >= 4 is 34.8 Å². The Kier molecular flexibility index (Phi) is 5.12. The number of aryl methyl sites for hydroxylation is 1. The van der Waals surface area contributed by atoms with Gasteiger partial charge in [-0.15, -0.1) is 0 Å². The standard InChI is InChI=1S/C20H21N3O4/c1-12-8-9-15(21-14(3)24)10-16(12)22-19(25)11-23-17-6-4-5-7-18(17)27-13(2)20(23)26/h4-10,13H,11H2,1-3H3,(H,21,24)(H,22,25). The molecule has 0 saturated carbocycles. The summed E-state index contributed by atoms with van der Waals surface area (Å²) in [6.07, 6.45) is -0.655. The lowest BCUT2D eigenvalue weighted by Crippen LogP contribution is -2.47. The Morgan fingerprint density at radius 3 is 2.63 bits per heavy atom. The van der Waals surface area contributed by atoms with Crippen molar-refractivity contribution in [1.29, 1.82) is 0 Å². The molecule has 1 heterocycles. The van der Waals surface area contributed by atoms with Gasteiger partial charge in [0.2, 0.25) is 11.8 Å². The Morgan fingerprint density at radius 1 is 1.15 bits per heavy atom. The zero-order valence-electron chi connectivity index (χ0n) is 15.4. The first-order valence-electron chi connectivity index (χ1n) is 8.60. The molecule has 27 heavy (non-hydrogen) atoms. The minimum absolute atomic E-state index is 0.132. The van der Waals surface area contributed by atoms with Gasteiger partial charge in [0.05, 0.1) is 5.69 Å². The average molecular weight is 367 g/mol. The number of rotatable bonds is 4. The molecule has 7 nitrogen and oxygen atoms in total. The van der Waals surface area contributed by atoms with Crippen LogP contribution in [0, 0.1) is 6.92 Å². The van der Waals surface area contributed by atoms with Crippen LogP contribution in [-0.4, -0.2) is 30.4 Å². The molecule has 0 aromatic heterocycles. The first-order valence-corrected chi connectivity index (χ1v) is 8.60. The van der Waals surface area contributed by atoms with E-state index in [2.05, 4.69) is 10.6 Å². The molecule has 2 aromatic carbocycles. The van der Waals surface area contributed by atoms with Crippen molar-refractivity contribution in [2.24, 2.45) is 0 Å². The van der Waals surface area contributed by atoms with Crippen LogP contribution >= 0.6 is 0 Å². The quantitative estimate of drug-likeness (QED) is 0.870. The highest BCUT2D eigenvalue weighted by atomic mass is 16.5. The van der Waals surface area contributed by atoms with Gasteiger partial charge in [0.15, 0.2) is 6.10 Å². The number of hydrogen-bond donors (Lipinski definition) is 2. The van der Waals surface area contributed by atoms with Crippen LogP contribution in [0.4, 0.5) is 17.1 Å². The summed E-state index contributed by atoms with van der Waals surface area (Å²) in [5.41, 5.74) is 2.58. The number of anilines is 3. The number of fused-ring (bicyclic) bond motifs is 1. The summed E-state index contributed by atoms with van der Waals surface area (Å²) >= 11 is 0. The molecular weight excluding hydrogens is 346 g/mol. The van der Waals surface area contributed by atoms with Crippen molar-refractivity contribution < 1.29 is 19.1 Å². The molecule has 1 aliphatic rings. The molecule has 1 aliphatic heterocycles. The topological polar surface area (TPSA) is 87.7 Å². The van der Waals surface area contributed by atoms with Crippen LogP contribution in [0.3, 0.4) is 0 Å². The van der Waals surface area contributed by atoms with E-state index in [0.717, 1.165) is 5.56 Å². The number of amides is 3. The molecule has 0 radical (unpaired) electrons. The lowest BCUT2D eigenvalue weighted by atomic mass is 10.1. The van der Waals surface area contributed by atoms with Gasteiger partial charge >= 0.3 is 0 Å². The molecule has 3 rings (SSSR count). The maximum atomic E-state index is 12.6. The van der Waals surface area contributed by atoms with E-state index in [1.165, 1.54) is 11.8 Å². The van der Waals surface area contributed by atoms with Crippen LogP contribution in [0.25, 0.3) is 0 Å². The van der Waals surface area contributed by atoms with Crippen LogP contribution in [0.2, 0.25) is 0 Å². The highest BCUT2D eigenvalue weighted by molar-refractivity contribution is 6.06. The zero-order chi connectivity index (χ0) is 19.6. The van der Waals surface area contributed by atoms with Crippen LogP contribution in [0.1, 0.15) is 19.4 Å². The number of nitrogens with one attached hydrogen (secondary N) is 2. The first kappa shape index (κ1) is 18.4. The number of carbonyl (C=O) groups is 3. The highest BCUT2D eigenvalue weighted by Gasteiger charge is 2.32. The normalized spacial score (nSPS) is 15.6. The van der Waals surface area contributed by atoms with Gasteiger partial charge in [-0.05, 0) is 43.7 Å². The Labute approximate surface area is 157 Å². The van der Waals surface area contributed by atoms with Crippen LogP contribution in [0.15, 0.2) is 42.5 Å². The lowest BCUT2D eigenvalue weighted by Gasteiger charge is -2.32. The zero-order valence-corrected chi connectivity index (χ0v) is 15.4. The SMILES string of the molecule is CC(=O)Nc1ccc(C)c(NC(=O)CN2C(=O)C(C)Oc3ccccc32)c1. The summed E-state index contributed by atoms with van der Waals surface area (Å²) in [5.74, 6) is -0.232. The van der Waals surface area contributed by atoms with Crippen molar-refractivity contribution in [2.75, 3.05) is 22.1 Å². The summed E-state index contributed by atoms with van der Waals surface area (Å²) in [5, 5.41) is 5.49. The smallest absolute Gasteiger partial charge is 0.268 e. The van der Waals surface area contributed by atoms with Gasteiger partial charge in [-0.3, -0.25) is 19.3 Å². The molecule has 3 amide bonds. The number of para-hydroxylation sites is 2. The second-order valence-electron chi connectivity index (χ2n) is 6.41. The summed E-state index contributed by atoms with van der Waals surface area (Å²) in [6, 6.07) is 12.4. The van der Waals surface area contributed by atoms with Gasteiger partial charge in [0.25, 0.3) is 5.91 Å². The maximum absolute atomic E-state index is 12.6.